The van der Waals surface area contributed by atoms with E-state index in [1.54, 1.807) is 65.1 Å². The summed E-state index contributed by atoms with van der Waals surface area (Å²) in [6.07, 6.45) is 4.52. The zero-order valence-corrected chi connectivity index (χ0v) is 42.3. The van der Waals surface area contributed by atoms with E-state index in [1.165, 1.54) is 11.0 Å². The van der Waals surface area contributed by atoms with Gasteiger partial charge in [0.15, 0.2) is 5.84 Å². The molecule has 384 valence electrons. The molecule has 0 radical (unpaired) electrons. The molecule has 0 aliphatic carbocycles. The second-order valence-electron chi connectivity index (χ2n) is 18.6. The molecule has 9 rings (SSSR count). The largest absolute Gasteiger partial charge is 0.508 e. The number of nitrogens with one attached hydrogen (secondary N) is 3. The Morgan fingerprint density at radius 2 is 1.64 bits per heavy atom. The highest BCUT2D eigenvalue weighted by atomic mass is 32.2. The van der Waals surface area contributed by atoms with E-state index in [2.05, 4.69) is 5.32 Å². The van der Waals surface area contributed by atoms with Gasteiger partial charge in [-0.3, -0.25) is 39.8 Å². The number of cyclic esters (lactones) is 1. The van der Waals surface area contributed by atoms with Crippen molar-refractivity contribution in [2.24, 2.45) is 0 Å². The van der Waals surface area contributed by atoms with Crippen LogP contribution < -0.4 is 25.2 Å². The molecule has 2 saturated heterocycles. The van der Waals surface area contributed by atoms with Crippen LogP contribution in [0.15, 0.2) is 65.5 Å². The van der Waals surface area contributed by atoms with Gasteiger partial charge in [0.25, 0.3) is 11.5 Å². The number of aromatic nitrogens is 2. The Labute approximate surface area is 426 Å². The van der Waals surface area contributed by atoms with Crippen LogP contribution in [0.25, 0.3) is 22.3 Å². The maximum Gasteiger partial charge on any atom is 0.415 e. The van der Waals surface area contributed by atoms with Crippen LogP contribution in [-0.2, 0) is 45.1 Å². The number of hydrogen-bond donors (Lipinski definition) is 6. The van der Waals surface area contributed by atoms with E-state index < -0.39 is 23.9 Å². The van der Waals surface area contributed by atoms with Gasteiger partial charge >= 0.3 is 12.1 Å². The summed E-state index contributed by atoms with van der Waals surface area (Å²) in [6, 6.07) is 15.7. The van der Waals surface area contributed by atoms with Crippen LogP contribution in [0.1, 0.15) is 99.1 Å². The van der Waals surface area contributed by atoms with Crippen molar-refractivity contribution in [3.8, 4) is 34.4 Å². The molecule has 20 heteroatoms. The Kier molecular flexibility index (Phi) is 15.7. The molecule has 1 unspecified atom stereocenters. The fourth-order valence-corrected chi connectivity index (χ4v) is 10.0. The lowest BCUT2D eigenvalue weighted by atomic mass is 9.98. The molecule has 3 aromatic carbocycles. The van der Waals surface area contributed by atoms with Crippen molar-refractivity contribution in [1.29, 1.82) is 10.8 Å². The van der Waals surface area contributed by atoms with Crippen molar-refractivity contribution in [2.75, 3.05) is 37.3 Å². The molecule has 2 fully saturated rings. The third kappa shape index (κ3) is 10.6. The molecule has 3 amide bonds. The van der Waals surface area contributed by atoms with Gasteiger partial charge in [-0.2, -0.15) is 0 Å². The number of nitrogens with zero attached hydrogens (tertiary/aromatic N) is 5. The quantitative estimate of drug-likeness (QED) is 0.0359. The third-order valence-electron chi connectivity index (χ3n) is 13.7. The Morgan fingerprint density at radius 1 is 0.932 bits per heavy atom. The van der Waals surface area contributed by atoms with Crippen molar-refractivity contribution in [1.82, 2.24) is 24.7 Å². The van der Waals surface area contributed by atoms with Crippen molar-refractivity contribution < 1.29 is 48.2 Å². The third-order valence-corrected chi connectivity index (χ3v) is 13.7. The minimum Gasteiger partial charge on any atom is -0.508 e. The fraction of sp³-hybridized carbons (Fsp3) is 0.396. The smallest absolute Gasteiger partial charge is 0.415 e. The average Bonchev–Trinajstić information content (AvgIpc) is 3.74. The number of hydrogen-bond acceptors (Lipinski definition) is 15. The van der Waals surface area contributed by atoms with Crippen LogP contribution in [0.3, 0.4) is 0 Å². The zero-order chi connectivity index (χ0) is 52.2. The number of fused-ring (bicyclic) bond motifs is 5. The highest BCUT2D eigenvalue weighted by Crippen LogP contribution is 2.39. The number of aromatic hydroxyl groups is 2. The number of ether oxygens (including phenoxy) is 3. The van der Waals surface area contributed by atoms with Gasteiger partial charge in [-0.1, -0.05) is 20.8 Å². The maximum atomic E-state index is 14.1. The number of benzene rings is 3. The van der Waals surface area contributed by atoms with Gasteiger partial charge in [-0.25, -0.2) is 9.78 Å². The normalized spacial score (nSPS) is 16.1. The second kappa shape index (κ2) is 22.1. The number of aryl methyl sites for hydroxylation is 1. The number of piperidine rings is 2. The first kappa shape index (κ1) is 51.9. The van der Waals surface area contributed by atoms with Crippen LogP contribution in [0.2, 0.25) is 0 Å². The fourth-order valence-electron chi connectivity index (χ4n) is 10.0. The number of amides is 3. The topological polar surface area (TPSA) is 261 Å². The number of carbonyl (C=O) groups is 4. The molecule has 4 aliphatic rings. The van der Waals surface area contributed by atoms with Crippen molar-refractivity contribution in [3.05, 3.63) is 104 Å². The number of amidine groups is 2. The number of anilines is 1. The van der Waals surface area contributed by atoms with Gasteiger partial charge in [0.2, 0.25) is 5.91 Å². The van der Waals surface area contributed by atoms with Gasteiger partial charge in [0, 0.05) is 68.0 Å². The summed E-state index contributed by atoms with van der Waals surface area (Å²) in [6.45, 7) is 9.20. The first-order valence-corrected chi connectivity index (χ1v) is 25.7. The van der Waals surface area contributed by atoms with Crippen molar-refractivity contribution >= 4 is 64.2 Å². The van der Waals surface area contributed by atoms with E-state index in [9.17, 15) is 34.2 Å². The minimum atomic E-state index is -0.717. The van der Waals surface area contributed by atoms with Crippen molar-refractivity contribution in [3.63, 3.8) is 0 Å². The number of esters is 1. The average molecular weight is 1020 g/mol. The summed E-state index contributed by atoms with van der Waals surface area (Å²) in [5, 5.41) is 42.4. The summed E-state index contributed by atoms with van der Waals surface area (Å²) < 4.78 is 26.7. The highest BCUT2D eigenvalue weighted by molar-refractivity contribution is 7.93. The first-order chi connectivity index (χ1) is 35.1. The second-order valence-corrected chi connectivity index (χ2v) is 18.9. The first-order valence-electron chi connectivity index (χ1n) is 24.5. The molecule has 0 spiro atoms. The summed E-state index contributed by atoms with van der Waals surface area (Å²) >= 11 is 0.750. The van der Waals surface area contributed by atoms with Crippen molar-refractivity contribution in [2.45, 2.75) is 104 Å². The van der Waals surface area contributed by atoms with Crippen LogP contribution in [0.4, 0.5) is 10.5 Å². The monoisotopic (exact) mass is 1020 g/mol. The standard InChI is InChI=1S/C52H56N8O10.CH4OS/c1-5-34-36-23-33(14-15-40(36)56-46-38(34)26-59-42(46)21-29-22-45(63)68-27-39(29)50(59)65)70-52(67)58-18-8-7-9-41(58)51(66)57-19-16-32(17-20-57)69-31-12-10-30(11-13-31)60(48(54)49(64)55-6-2)47(53)37-24-35(28(3)4)43(61)25-44(37)62;1-3-2/h10-15,21,23-25,28,32,41,53-54,61-62H,5-9,16-20,22,26-27H2,1-4H3,(H,55,64);2H,1H3. The van der Waals surface area contributed by atoms with E-state index in [0.717, 1.165) is 52.4 Å². The summed E-state index contributed by atoms with van der Waals surface area (Å²) in [5.41, 5.74) is 5.72. The number of phenols is 2. The summed E-state index contributed by atoms with van der Waals surface area (Å²) in [4.78, 5) is 76.0. The van der Waals surface area contributed by atoms with Crippen LogP contribution in [-0.4, -0.2) is 114 Å². The molecule has 73 heavy (non-hydrogen) atoms. The highest BCUT2D eigenvalue weighted by Gasteiger charge is 2.38. The lowest BCUT2D eigenvalue weighted by molar-refractivity contribution is -0.145. The summed E-state index contributed by atoms with van der Waals surface area (Å²) in [5.74, 6) is -1.91. The van der Waals surface area contributed by atoms with Gasteiger partial charge < -0.3 is 43.8 Å². The predicted octanol–water partition coefficient (Wildman–Crippen LogP) is 7.31. The van der Waals surface area contributed by atoms with E-state index in [1.807, 2.05) is 26.8 Å². The number of likely N-dealkylation sites (N-methyl/N-ethyl adjacent to an activating group) is 1. The minimum absolute atomic E-state index is 0.0341. The lowest BCUT2D eigenvalue weighted by Crippen LogP contribution is -2.55. The molecule has 5 aromatic rings. The van der Waals surface area contributed by atoms with Gasteiger partial charge in [-0.05, 0) is 122 Å². The molecule has 6 N–H and O–H groups in total. The molecule has 4 aliphatic heterocycles. The number of pyridine rings is 2. The van der Waals surface area contributed by atoms with Gasteiger partial charge in [0.05, 0.1) is 41.0 Å². The van der Waals surface area contributed by atoms with E-state index in [-0.39, 0.29) is 71.9 Å². The molecule has 2 aromatic heterocycles. The number of carbonyl (C=O) groups excluding carboxylic acids is 4. The van der Waals surface area contributed by atoms with Gasteiger partial charge in [-0.15, -0.1) is 0 Å². The van der Waals surface area contributed by atoms with Gasteiger partial charge in [0.1, 0.15) is 47.6 Å². The predicted molar refractivity (Wildman–Crippen MR) is 276 cm³/mol. The van der Waals surface area contributed by atoms with Crippen LogP contribution in [0, 0.1) is 10.8 Å². The SMILES string of the molecule is CCNC(=O)C(=N)N(C(=N)c1cc(C(C)C)c(O)cc1O)c1ccc(OC2CCN(C(=O)C3CCCCN3C(=O)Oc3ccc4nc5c(c(CC)c4c3)Cn3c-5cc4c(c3=O)COC(=O)C4)CC2)cc1.CSO. The molecule has 1 atom stereocenters. The van der Waals surface area contributed by atoms with Crippen LogP contribution in [0.5, 0.6) is 23.0 Å². The number of rotatable bonds is 9. The van der Waals surface area contributed by atoms with E-state index in [4.69, 9.17) is 34.6 Å². The van der Waals surface area contributed by atoms with E-state index >= 15 is 0 Å². The molecule has 6 heterocycles. The molecular weight excluding hydrogens is 957 g/mol. The number of likely N-dealkylation sites (tertiary alicyclic amines) is 2. The molecule has 0 saturated carbocycles. The molecule has 19 nitrogen and oxygen atoms in total. The molecule has 0 bridgehead atoms. The Balaban J connectivity index is 0.00000231. The summed E-state index contributed by atoms with van der Waals surface area (Å²) in [7, 11) is 0. The van der Waals surface area contributed by atoms with Crippen LogP contribution >= 0.6 is 12.0 Å². The Bertz CT molecular complexity index is 3060. The zero-order valence-electron chi connectivity index (χ0n) is 41.4. The van der Waals surface area contributed by atoms with E-state index in [0.29, 0.717) is 103 Å². The number of phenolic OH excluding ortho intramolecular Hbond substituents is 2. The Morgan fingerprint density at radius 3 is 2.33 bits per heavy atom. The Hall–Kier alpha value is -7.45. The lowest BCUT2D eigenvalue weighted by Gasteiger charge is -2.39. The maximum absolute atomic E-state index is 14.1. The molecular formula is C53H60N8O11S.